The monoisotopic (exact) mass is 338 g/mol. The van der Waals surface area contributed by atoms with Crippen LogP contribution in [0.4, 0.5) is 5.69 Å². The topological polar surface area (TPSA) is 59.1 Å². The highest BCUT2D eigenvalue weighted by atomic mass is 35.5. The van der Waals surface area contributed by atoms with Crippen molar-refractivity contribution in [3.8, 4) is 10.6 Å². The van der Waals surface area contributed by atoms with Crippen LogP contribution < -0.4 is 4.72 Å². The van der Waals surface area contributed by atoms with Crippen molar-refractivity contribution in [3.63, 3.8) is 0 Å². The number of anilines is 1. The van der Waals surface area contributed by atoms with Crippen molar-refractivity contribution in [3.05, 3.63) is 47.5 Å². The van der Waals surface area contributed by atoms with Crippen LogP contribution in [0.15, 0.2) is 42.5 Å². The minimum atomic E-state index is -3.31. The molecule has 1 aromatic heterocycles. The lowest BCUT2D eigenvalue weighted by Crippen LogP contribution is -2.09. The molecular formula is C14H11ClN2O2S2. The van der Waals surface area contributed by atoms with Crippen LogP contribution in [0.1, 0.15) is 0 Å². The molecule has 0 bridgehead atoms. The normalized spacial score (nSPS) is 11.7. The summed E-state index contributed by atoms with van der Waals surface area (Å²) in [5.41, 5.74) is 2.15. The zero-order valence-electron chi connectivity index (χ0n) is 11.0. The lowest BCUT2D eigenvalue weighted by Gasteiger charge is -2.06. The van der Waals surface area contributed by atoms with Crippen molar-refractivity contribution in [1.82, 2.24) is 4.98 Å². The van der Waals surface area contributed by atoms with Crippen LogP contribution in [-0.2, 0) is 10.0 Å². The second-order valence-electron chi connectivity index (χ2n) is 4.56. The van der Waals surface area contributed by atoms with Crippen LogP contribution >= 0.6 is 22.9 Å². The number of sulfonamides is 1. The maximum Gasteiger partial charge on any atom is 0.229 e. The van der Waals surface area contributed by atoms with Crippen molar-refractivity contribution < 1.29 is 8.42 Å². The molecule has 0 radical (unpaired) electrons. The number of rotatable bonds is 3. The van der Waals surface area contributed by atoms with Crippen molar-refractivity contribution in [1.29, 1.82) is 0 Å². The SMILES string of the molecule is CS(=O)(=O)Nc1ccc(-c2nc3ccccc3s2)c(Cl)c1. The first-order chi connectivity index (χ1) is 9.92. The highest BCUT2D eigenvalue weighted by Crippen LogP contribution is 2.35. The average Bonchev–Trinajstić information content (AvgIpc) is 2.80. The summed E-state index contributed by atoms with van der Waals surface area (Å²) < 4.78 is 25.9. The summed E-state index contributed by atoms with van der Waals surface area (Å²) in [5.74, 6) is 0. The van der Waals surface area contributed by atoms with Gasteiger partial charge in [0.05, 0.1) is 21.5 Å². The summed E-state index contributed by atoms with van der Waals surface area (Å²) >= 11 is 7.80. The molecular weight excluding hydrogens is 328 g/mol. The highest BCUT2D eigenvalue weighted by molar-refractivity contribution is 7.92. The van der Waals surface area contributed by atoms with Crippen molar-refractivity contribution in [2.75, 3.05) is 11.0 Å². The van der Waals surface area contributed by atoms with Gasteiger partial charge < -0.3 is 0 Å². The van der Waals surface area contributed by atoms with Gasteiger partial charge in [-0.15, -0.1) is 11.3 Å². The maximum atomic E-state index is 11.2. The number of hydrogen-bond donors (Lipinski definition) is 1. The Morgan fingerprint density at radius 1 is 1.19 bits per heavy atom. The number of nitrogens with one attached hydrogen (secondary N) is 1. The first-order valence-electron chi connectivity index (χ1n) is 6.06. The van der Waals surface area contributed by atoms with Gasteiger partial charge in [0.15, 0.2) is 0 Å². The van der Waals surface area contributed by atoms with E-state index in [-0.39, 0.29) is 0 Å². The fourth-order valence-corrected chi connectivity index (χ4v) is 3.84. The molecule has 7 heteroatoms. The Balaban J connectivity index is 2.02. The molecule has 4 nitrogen and oxygen atoms in total. The first-order valence-corrected chi connectivity index (χ1v) is 9.14. The molecule has 3 aromatic rings. The van der Waals surface area contributed by atoms with E-state index in [1.165, 1.54) is 0 Å². The molecule has 1 heterocycles. The Morgan fingerprint density at radius 3 is 2.62 bits per heavy atom. The second-order valence-corrected chi connectivity index (χ2v) is 7.74. The first kappa shape index (κ1) is 14.3. The zero-order chi connectivity index (χ0) is 15.0. The van der Waals surface area contributed by atoms with E-state index in [2.05, 4.69) is 9.71 Å². The van der Waals surface area contributed by atoms with E-state index in [4.69, 9.17) is 11.6 Å². The molecule has 0 saturated heterocycles. The molecule has 3 rings (SSSR count). The summed E-state index contributed by atoms with van der Waals surface area (Å²) in [4.78, 5) is 4.54. The van der Waals surface area contributed by atoms with E-state index < -0.39 is 10.0 Å². The van der Waals surface area contributed by atoms with Crippen molar-refractivity contribution >= 4 is 48.9 Å². The summed E-state index contributed by atoms with van der Waals surface area (Å²) in [7, 11) is -3.31. The van der Waals surface area contributed by atoms with Crippen LogP contribution in [0.2, 0.25) is 5.02 Å². The van der Waals surface area contributed by atoms with Crippen molar-refractivity contribution in [2.45, 2.75) is 0 Å². The Labute approximate surface area is 131 Å². The molecule has 0 amide bonds. The lowest BCUT2D eigenvalue weighted by atomic mass is 10.2. The van der Waals surface area contributed by atoms with E-state index in [0.717, 1.165) is 27.0 Å². The Morgan fingerprint density at radius 2 is 1.95 bits per heavy atom. The molecule has 0 unspecified atom stereocenters. The molecule has 2 aromatic carbocycles. The van der Waals surface area contributed by atoms with E-state index in [9.17, 15) is 8.42 Å². The number of nitrogens with zero attached hydrogens (tertiary/aromatic N) is 1. The molecule has 0 fully saturated rings. The van der Waals surface area contributed by atoms with E-state index in [1.807, 2.05) is 24.3 Å². The average molecular weight is 339 g/mol. The van der Waals surface area contributed by atoms with Crippen molar-refractivity contribution in [2.24, 2.45) is 0 Å². The van der Waals surface area contributed by atoms with E-state index in [1.54, 1.807) is 29.5 Å². The quantitative estimate of drug-likeness (QED) is 0.785. The van der Waals surface area contributed by atoms with Gasteiger partial charge in [-0.25, -0.2) is 13.4 Å². The lowest BCUT2D eigenvalue weighted by molar-refractivity contribution is 0.607. The molecule has 108 valence electrons. The predicted octanol–water partition coefficient (Wildman–Crippen LogP) is 3.99. The Bertz CT molecular complexity index is 887. The highest BCUT2D eigenvalue weighted by Gasteiger charge is 2.11. The third-order valence-electron chi connectivity index (χ3n) is 2.80. The minimum absolute atomic E-state index is 0.437. The Hall–Kier alpha value is -1.63. The largest absolute Gasteiger partial charge is 0.284 e. The second kappa shape index (κ2) is 5.29. The summed E-state index contributed by atoms with van der Waals surface area (Å²) in [6.07, 6.45) is 1.10. The van der Waals surface area contributed by atoms with Gasteiger partial charge in [0.1, 0.15) is 5.01 Å². The molecule has 0 spiro atoms. The molecule has 0 atom stereocenters. The van der Waals surface area contributed by atoms with E-state index in [0.29, 0.717) is 10.7 Å². The summed E-state index contributed by atoms with van der Waals surface area (Å²) in [5, 5.41) is 1.27. The van der Waals surface area contributed by atoms with Gasteiger partial charge in [-0.05, 0) is 30.3 Å². The number of para-hydroxylation sites is 1. The fraction of sp³-hybridized carbons (Fsp3) is 0.0714. The van der Waals surface area contributed by atoms with Gasteiger partial charge in [-0.3, -0.25) is 4.72 Å². The van der Waals surface area contributed by atoms with E-state index >= 15 is 0 Å². The standard InChI is InChI=1S/C14H11ClN2O2S2/c1-21(18,19)17-9-6-7-10(11(15)8-9)14-16-12-4-2-3-5-13(12)20-14/h2-8,17H,1H3. The number of thiazole rings is 1. The third kappa shape index (κ3) is 3.18. The summed E-state index contributed by atoms with van der Waals surface area (Å²) in [6, 6.07) is 12.9. The molecule has 0 saturated carbocycles. The maximum absolute atomic E-state index is 11.2. The minimum Gasteiger partial charge on any atom is -0.284 e. The fourth-order valence-electron chi connectivity index (χ4n) is 1.95. The van der Waals surface area contributed by atoms with Crippen LogP contribution in [-0.4, -0.2) is 19.7 Å². The number of halogens is 1. The van der Waals surface area contributed by atoms with Crippen LogP contribution in [0.3, 0.4) is 0 Å². The molecule has 0 aliphatic carbocycles. The van der Waals surface area contributed by atoms with Gasteiger partial charge in [-0.2, -0.15) is 0 Å². The van der Waals surface area contributed by atoms with Gasteiger partial charge in [0.25, 0.3) is 0 Å². The predicted molar refractivity (Wildman–Crippen MR) is 88.5 cm³/mol. The van der Waals surface area contributed by atoms with Gasteiger partial charge in [-0.1, -0.05) is 23.7 Å². The van der Waals surface area contributed by atoms with Crippen LogP contribution in [0, 0.1) is 0 Å². The molecule has 1 N–H and O–H groups in total. The number of hydrogen-bond acceptors (Lipinski definition) is 4. The number of benzene rings is 2. The van der Waals surface area contributed by atoms with Gasteiger partial charge >= 0.3 is 0 Å². The smallest absolute Gasteiger partial charge is 0.229 e. The van der Waals surface area contributed by atoms with Crippen LogP contribution in [0.25, 0.3) is 20.8 Å². The zero-order valence-corrected chi connectivity index (χ0v) is 13.4. The third-order valence-corrected chi connectivity index (χ3v) is 4.79. The number of aromatic nitrogens is 1. The Kier molecular flexibility index (Phi) is 3.61. The van der Waals surface area contributed by atoms with Gasteiger partial charge in [0, 0.05) is 11.3 Å². The molecule has 0 aliphatic rings. The molecule has 0 aliphatic heterocycles. The number of fused-ring (bicyclic) bond motifs is 1. The molecule has 21 heavy (non-hydrogen) atoms. The van der Waals surface area contributed by atoms with Crippen LogP contribution in [0.5, 0.6) is 0 Å². The summed E-state index contributed by atoms with van der Waals surface area (Å²) in [6.45, 7) is 0. The van der Waals surface area contributed by atoms with Gasteiger partial charge in [0.2, 0.25) is 10.0 Å².